The fourth-order valence-corrected chi connectivity index (χ4v) is 5.20. The molecule has 0 bridgehead atoms. The molecule has 1 amide bonds. The number of anilines is 1. The smallest absolute Gasteiger partial charge is 0.265 e. The van der Waals surface area contributed by atoms with Gasteiger partial charge < -0.3 is 5.32 Å². The van der Waals surface area contributed by atoms with E-state index in [1.165, 1.54) is 15.8 Å². The molecule has 0 aliphatic carbocycles. The van der Waals surface area contributed by atoms with Crippen molar-refractivity contribution < 1.29 is 13.2 Å². The van der Waals surface area contributed by atoms with E-state index in [0.29, 0.717) is 29.2 Å². The fourth-order valence-electron chi connectivity index (χ4n) is 2.52. The van der Waals surface area contributed by atoms with Crippen molar-refractivity contribution in [3.05, 3.63) is 46.2 Å². The lowest BCUT2D eigenvalue weighted by Crippen LogP contribution is -2.27. The molecule has 2 heterocycles. The average molecular weight is 361 g/mol. The highest BCUT2D eigenvalue weighted by molar-refractivity contribution is 7.89. The van der Waals surface area contributed by atoms with Gasteiger partial charge in [0.05, 0.1) is 21.0 Å². The van der Waals surface area contributed by atoms with Gasteiger partial charge in [0, 0.05) is 18.5 Å². The topological polar surface area (TPSA) is 90.3 Å². The maximum absolute atomic E-state index is 12.5. The molecule has 1 saturated heterocycles. The van der Waals surface area contributed by atoms with Gasteiger partial charge in [-0.15, -0.1) is 11.3 Å². The van der Waals surface area contributed by atoms with Crippen LogP contribution in [-0.2, 0) is 10.0 Å². The first-order valence-electron chi connectivity index (χ1n) is 7.41. The molecule has 0 spiro atoms. The van der Waals surface area contributed by atoms with Gasteiger partial charge in [-0.05, 0) is 31.0 Å². The number of amides is 1. The summed E-state index contributed by atoms with van der Waals surface area (Å²) >= 11 is 1.08. The van der Waals surface area contributed by atoms with E-state index in [-0.39, 0.29) is 4.90 Å². The van der Waals surface area contributed by atoms with Crippen molar-refractivity contribution in [2.24, 2.45) is 0 Å². The number of benzene rings is 1. The van der Waals surface area contributed by atoms with Crippen LogP contribution in [0.5, 0.6) is 0 Å². The number of carbonyl (C=O) groups is 1. The van der Waals surface area contributed by atoms with Crippen LogP contribution in [0.4, 0.5) is 5.69 Å². The molecule has 1 aliphatic rings. The number of thiophene rings is 1. The highest BCUT2D eigenvalue weighted by Crippen LogP contribution is 2.26. The van der Waals surface area contributed by atoms with Gasteiger partial charge in [-0.3, -0.25) is 4.79 Å². The molecule has 124 valence electrons. The predicted octanol–water partition coefficient (Wildman–Crippen LogP) is 2.66. The summed E-state index contributed by atoms with van der Waals surface area (Å²) in [4.78, 5) is 12.8. The lowest BCUT2D eigenvalue weighted by molar-refractivity contribution is 0.103. The minimum atomic E-state index is -3.53. The summed E-state index contributed by atoms with van der Waals surface area (Å²) in [5.74, 6) is -0.425. The minimum Gasteiger partial charge on any atom is -0.320 e. The first-order valence-corrected chi connectivity index (χ1v) is 9.73. The van der Waals surface area contributed by atoms with Crippen molar-refractivity contribution >= 4 is 33.0 Å². The van der Waals surface area contributed by atoms with E-state index in [4.69, 9.17) is 5.26 Å². The lowest BCUT2D eigenvalue weighted by Gasteiger charge is -2.13. The van der Waals surface area contributed by atoms with Crippen LogP contribution in [0.15, 0.2) is 40.6 Å². The van der Waals surface area contributed by atoms with Crippen LogP contribution >= 0.6 is 11.3 Å². The third-order valence-electron chi connectivity index (χ3n) is 3.80. The van der Waals surface area contributed by atoms with Crippen LogP contribution in [0.3, 0.4) is 0 Å². The van der Waals surface area contributed by atoms with Crippen LogP contribution in [0.2, 0.25) is 0 Å². The zero-order valence-electron chi connectivity index (χ0n) is 12.7. The van der Waals surface area contributed by atoms with Gasteiger partial charge in [-0.1, -0.05) is 12.1 Å². The highest BCUT2D eigenvalue weighted by Gasteiger charge is 2.28. The predicted molar refractivity (Wildman–Crippen MR) is 91.4 cm³/mol. The largest absolute Gasteiger partial charge is 0.320 e. The molecule has 2 aromatic rings. The molecule has 3 rings (SSSR count). The number of nitrogens with zero attached hydrogens (tertiary/aromatic N) is 2. The van der Waals surface area contributed by atoms with Crippen molar-refractivity contribution in [2.45, 2.75) is 17.7 Å². The van der Waals surface area contributed by atoms with E-state index >= 15 is 0 Å². The number of para-hydroxylation sites is 1. The molecule has 1 fully saturated rings. The number of hydrogen-bond donors (Lipinski definition) is 1. The number of hydrogen-bond acceptors (Lipinski definition) is 5. The molecule has 0 saturated carbocycles. The molecule has 1 aromatic carbocycles. The quantitative estimate of drug-likeness (QED) is 0.906. The molecule has 0 unspecified atom stereocenters. The Morgan fingerprint density at radius 2 is 1.96 bits per heavy atom. The molecular weight excluding hydrogens is 346 g/mol. The molecular formula is C16H15N3O3S2. The maximum Gasteiger partial charge on any atom is 0.265 e. The van der Waals surface area contributed by atoms with Gasteiger partial charge in [0.15, 0.2) is 0 Å². The van der Waals surface area contributed by atoms with Crippen LogP contribution in [0, 0.1) is 11.3 Å². The third kappa shape index (κ3) is 3.19. The fraction of sp³-hybridized carbons (Fsp3) is 0.250. The summed E-state index contributed by atoms with van der Waals surface area (Å²) in [5, 5.41) is 13.2. The average Bonchev–Trinajstić information content (AvgIpc) is 3.27. The van der Waals surface area contributed by atoms with Gasteiger partial charge in [0.25, 0.3) is 5.91 Å². The van der Waals surface area contributed by atoms with Crippen molar-refractivity contribution in [3.63, 3.8) is 0 Å². The first kappa shape index (κ1) is 16.6. The summed E-state index contributed by atoms with van der Waals surface area (Å²) < 4.78 is 26.4. The Morgan fingerprint density at radius 1 is 1.25 bits per heavy atom. The molecule has 1 aliphatic heterocycles. The van der Waals surface area contributed by atoms with Crippen molar-refractivity contribution in [2.75, 3.05) is 18.4 Å². The maximum atomic E-state index is 12.5. The van der Waals surface area contributed by atoms with Gasteiger partial charge in [-0.2, -0.15) is 9.57 Å². The Morgan fingerprint density at radius 3 is 2.67 bits per heavy atom. The lowest BCUT2D eigenvalue weighted by atomic mass is 10.2. The second kappa shape index (κ2) is 6.73. The van der Waals surface area contributed by atoms with Gasteiger partial charge >= 0.3 is 0 Å². The standard InChI is InChI=1S/C16H15N3O3S2/c17-10-12-5-1-2-6-14(12)18-16(20)15-9-13(11-23-15)24(21,22)19-7-3-4-8-19/h1-2,5-6,9,11H,3-4,7-8H2,(H,18,20). The molecule has 0 radical (unpaired) electrons. The molecule has 1 aromatic heterocycles. The second-order valence-electron chi connectivity index (χ2n) is 5.37. The van der Waals surface area contributed by atoms with Crippen LogP contribution in [0.1, 0.15) is 28.1 Å². The minimum absolute atomic E-state index is 0.146. The Kier molecular flexibility index (Phi) is 4.66. The highest BCUT2D eigenvalue weighted by atomic mass is 32.2. The summed E-state index contributed by atoms with van der Waals surface area (Å²) in [6, 6.07) is 10.1. The normalized spacial score (nSPS) is 15.1. The van der Waals surface area contributed by atoms with E-state index in [2.05, 4.69) is 5.32 Å². The number of nitrogens with one attached hydrogen (secondary N) is 1. The van der Waals surface area contributed by atoms with E-state index in [1.54, 1.807) is 24.3 Å². The summed E-state index contributed by atoms with van der Waals surface area (Å²) in [6.07, 6.45) is 1.73. The number of carbonyl (C=O) groups excluding carboxylic acids is 1. The zero-order valence-corrected chi connectivity index (χ0v) is 14.4. The number of sulfonamides is 1. The van der Waals surface area contributed by atoms with Gasteiger partial charge in [-0.25, -0.2) is 8.42 Å². The monoisotopic (exact) mass is 361 g/mol. The van der Waals surface area contributed by atoms with Gasteiger partial charge in [0.2, 0.25) is 10.0 Å². The van der Waals surface area contributed by atoms with E-state index in [0.717, 1.165) is 24.2 Å². The van der Waals surface area contributed by atoms with Crippen LogP contribution < -0.4 is 5.32 Å². The molecule has 24 heavy (non-hydrogen) atoms. The van der Waals surface area contributed by atoms with Crippen molar-refractivity contribution in [3.8, 4) is 6.07 Å². The van der Waals surface area contributed by atoms with Crippen LogP contribution in [-0.4, -0.2) is 31.7 Å². The zero-order chi connectivity index (χ0) is 17.2. The van der Waals surface area contributed by atoms with Crippen molar-refractivity contribution in [1.82, 2.24) is 4.31 Å². The van der Waals surface area contributed by atoms with E-state index < -0.39 is 15.9 Å². The van der Waals surface area contributed by atoms with E-state index in [9.17, 15) is 13.2 Å². The molecule has 1 N–H and O–H groups in total. The second-order valence-corrected chi connectivity index (χ2v) is 8.22. The Labute approximate surface area is 144 Å². The Bertz CT molecular complexity index is 907. The molecule has 0 atom stereocenters. The van der Waals surface area contributed by atoms with Gasteiger partial charge in [0.1, 0.15) is 6.07 Å². The Balaban J connectivity index is 1.80. The summed E-state index contributed by atoms with van der Waals surface area (Å²) in [7, 11) is -3.53. The van der Waals surface area contributed by atoms with Crippen LogP contribution in [0.25, 0.3) is 0 Å². The Hall–Kier alpha value is -2.21. The molecule has 6 nitrogen and oxygen atoms in total. The number of nitriles is 1. The first-order chi connectivity index (χ1) is 11.5. The third-order valence-corrected chi connectivity index (χ3v) is 6.75. The van der Waals surface area contributed by atoms with Crippen molar-refractivity contribution in [1.29, 1.82) is 5.26 Å². The molecule has 8 heteroatoms. The summed E-state index contributed by atoms with van der Waals surface area (Å²) in [6.45, 7) is 1.05. The SMILES string of the molecule is N#Cc1ccccc1NC(=O)c1cc(S(=O)(=O)N2CCCC2)cs1. The van der Waals surface area contributed by atoms with E-state index in [1.807, 2.05) is 6.07 Å². The summed E-state index contributed by atoms with van der Waals surface area (Å²) in [5.41, 5.74) is 0.759. The number of rotatable bonds is 4.